The SMILES string of the molecule is C[C@@H]1OC(=O)[C@@H](N(C(=O)OC(C)(C)C)C(=O)OC(C)(C)C)COC[C@H](OCC=Cc2ccccc2)[C@H]1OCC=Cc1ccccc1. The molecule has 1 saturated heterocycles. The van der Waals surface area contributed by atoms with Crippen molar-refractivity contribution in [2.45, 2.75) is 84.0 Å². The molecule has 3 rings (SSSR count). The zero-order valence-electron chi connectivity index (χ0n) is 27.8. The molecule has 2 aromatic rings. The fraction of sp³-hybridized carbons (Fsp3) is 0.472. The summed E-state index contributed by atoms with van der Waals surface area (Å²) in [7, 11) is 0. The normalized spacial score (nSPS) is 21.2. The Balaban J connectivity index is 1.84. The van der Waals surface area contributed by atoms with Gasteiger partial charge in [0.2, 0.25) is 0 Å². The number of rotatable bonds is 9. The molecule has 2 amide bonds. The molecule has 250 valence electrons. The summed E-state index contributed by atoms with van der Waals surface area (Å²) < 4.78 is 35.2. The predicted molar refractivity (Wildman–Crippen MR) is 175 cm³/mol. The van der Waals surface area contributed by atoms with E-state index in [1.54, 1.807) is 48.5 Å². The minimum atomic E-state index is -1.48. The minimum absolute atomic E-state index is 0.0137. The van der Waals surface area contributed by atoms with E-state index in [0.29, 0.717) is 4.90 Å². The Bertz CT molecular complexity index is 1280. The number of cyclic esters (lactones) is 1. The molecule has 1 aliphatic rings. The molecule has 0 unspecified atom stereocenters. The largest absolute Gasteiger partial charge is 0.458 e. The summed E-state index contributed by atoms with van der Waals surface area (Å²) in [5.74, 6) is -0.873. The Morgan fingerprint density at radius 3 is 1.74 bits per heavy atom. The summed E-state index contributed by atoms with van der Waals surface area (Å²) in [4.78, 5) is 40.8. The van der Waals surface area contributed by atoms with Gasteiger partial charge >= 0.3 is 18.2 Å². The van der Waals surface area contributed by atoms with Crippen LogP contribution in [0.15, 0.2) is 72.8 Å². The van der Waals surface area contributed by atoms with Gasteiger partial charge in [-0.3, -0.25) is 0 Å². The fourth-order valence-electron chi connectivity index (χ4n) is 4.45. The van der Waals surface area contributed by atoms with Crippen LogP contribution in [-0.4, -0.2) is 85.0 Å². The van der Waals surface area contributed by atoms with E-state index in [4.69, 9.17) is 28.4 Å². The maximum Gasteiger partial charge on any atom is 0.420 e. The molecule has 0 aliphatic carbocycles. The second-order valence-corrected chi connectivity index (χ2v) is 12.8. The molecule has 1 heterocycles. The van der Waals surface area contributed by atoms with Crippen LogP contribution in [-0.2, 0) is 33.2 Å². The van der Waals surface area contributed by atoms with Crippen molar-refractivity contribution in [2.24, 2.45) is 0 Å². The molecule has 10 nitrogen and oxygen atoms in total. The van der Waals surface area contributed by atoms with E-state index >= 15 is 0 Å². The highest BCUT2D eigenvalue weighted by Crippen LogP contribution is 2.22. The second kappa shape index (κ2) is 17.1. The molecule has 1 aliphatic heterocycles. The molecule has 0 spiro atoms. The van der Waals surface area contributed by atoms with E-state index in [1.807, 2.05) is 85.0 Å². The minimum Gasteiger partial charge on any atom is -0.458 e. The van der Waals surface area contributed by atoms with Crippen molar-refractivity contribution in [1.29, 1.82) is 0 Å². The Kier molecular flexibility index (Phi) is 13.5. The lowest BCUT2D eigenvalue weighted by Gasteiger charge is -2.32. The summed E-state index contributed by atoms with van der Waals surface area (Å²) in [5.41, 5.74) is 0.123. The number of carbonyl (C=O) groups is 3. The van der Waals surface area contributed by atoms with Gasteiger partial charge in [-0.15, -0.1) is 0 Å². The van der Waals surface area contributed by atoms with E-state index in [0.717, 1.165) is 11.1 Å². The van der Waals surface area contributed by atoms with Gasteiger partial charge < -0.3 is 28.4 Å². The average Bonchev–Trinajstić information content (AvgIpc) is 3.01. The van der Waals surface area contributed by atoms with E-state index in [1.165, 1.54) is 0 Å². The van der Waals surface area contributed by atoms with E-state index in [2.05, 4.69) is 0 Å². The highest BCUT2D eigenvalue weighted by molar-refractivity contribution is 5.94. The number of hydrogen-bond acceptors (Lipinski definition) is 9. The van der Waals surface area contributed by atoms with Gasteiger partial charge in [-0.1, -0.05) is 85.0 Å². The summed E-state index contributed by atoms with van der Waals surface area (Å²) >= 11 is 0. The lowest BCUT2D eigenvalue weighted by molar-refractivity contribution is -0.167. The van der Waals surface area contributed by atoms with Crippen LogP contribution < -0.4 is 0 Å². The maximum atomic E-state index is 13.6. The molecular weight excluding hydrogens is 590 g/mol. The third-order valence-electron chi connectivity index (χ3n) is 6.46. The first-order valence-corrected chi connectivity index (χ1v) is 15.4. The summed E-state index contributed by atoms with van der Waals surface area (Å²) in [6.45, 7) is 11.6. The lowest BCUT2D eigenvalue weighted by Crippen LogP contribution is -2.54. The molecule has 10 heteroatoms. The summed E-state index contributed by atoms with van der Waals surface area (Å²) in [6.07, 6.45) is 3.23. The number of carbonyl (C=O) groups excluding carboxylic acids is 3. The number of esters is 1. The van der Waals surface area contributed by atoms with Crippen LogP contribution in [0.25, 0.3) is 12.2 Å². The van der Waals surface area contributed by atoms with Gasteiger partial charge in [-0.2, -0.15) is 4.90 Å². The van der Waals surface area contributed by atoms with Crippen LogP contribution in [0.5, 0.6) is 0 Å². The standard InChI is InChI=1S/C36H47NO9/c1-26-31(43-23-15-21-28-18-12-9-13-19-28)30(42-22-14-20-27-16-10-8-11-17-27)25-41-24-29(32(38)44-26)37(33(39)45-35(2,3)4)34(40)46-36(5,6)7/h8-21,26,29-31H,22-25H2,1-7H3/t26-,29-,30-,31-/m0/s1. The number of amides is 2. The van der Waals surface area contributed by atoms with Crippen LogP contribution in [0, 0.1) is 0 Å². The van der Waals surface area contributed by atoms with Gasteiger partial charge in [0.25, 0.3) is 0 Å². The van der Waals surface area contributed by atoms with Crippen LogP contribution in [0.3, 0.4) is 0 Å². The van der Waals surface area contributed by atoms with Gasteiger partial charge in [0.05, 0.1) is 26.4 Å². The van der Waals surface area contributed by atoms with Crippen molar-refractivity contribution >= 4 is 30.3 Å². The molecule has 0 bridgehead atoms. The monoisotopic (exact) mass is 637 g/mol. The number of benzene rings is 2. The highest BCUT2D eigenvalue weighted by atomic mass is 16.6. The van der Waals surface area contributed by atoms with E-state index in [9.17, 15) is 14.4 Å². The van der Waals surface area contributed by atoms with Crippen molar-refractivity contribution in [3.05, 3.63) is 83.9 Å². The van der Waals surface area contributed by atoms with Gasteiger partial charge in [0.15, 0.2) is 6.04 Å². The maximum absolute atomic E-state index is 13.6. The third kappa shape index (κ3) is 12.4. The van der Waals surface area contributed by atoms with Crippen molar-refractivity contribution in [3.8, 4) is 0 Å². The first-order chi connectivity index (χ1) is 21.7. The van der Waals surface area contributed by atoms with Crippen molar-refractivity contribution in [1.82, 2.24) is 4.90 Å². The molecule has 4 atom stereocenters. The molecule has 0 N–H and O–H groups in total. The fourth-order valence-corrected chi connectivity index (χ4v) is 4.45. The Hall–Kier alpha value is -3.99. The van der Waals surface area contributed by atoms with E-state index in [-0.39, 0.29) is 26.4 Å². The van der Waals surface area contributed by atoms with Crippen LogP contribution in [0.1, 0.15) is 59.6 Å². The van der Waals surface area contributed by atoms with E-state index < -0.39 is 53.7 Å². The van der Waals surface area contributed by atoms with Crippen molar-refractivity contribution in [3.63, 3.8) is 0 Å². The summed E-state index contributed by atoms with van der Waals surface area (Å²) in [5, 5.41) is 0. The summed E-state index contributed by atoms with van der Waals surface area (Å²) in [6, 6.07) is 18.1. The smallest absolute Gasteiger partial charge is 0.420 e. The van der Waals surface area contributed by atoms with Gasteiger partial charge in [-0.25, -0.2) is 14.4 Å². The molecule has 2 aromatic carbocycles. The van der Waals surface area contributed by atoms with Crippen molar-refractivity contribution in [2.75, 3.05) is 26.4 Å². The number of imide groups is 1. The molecule has 0 aromatic heterocycles. The van der Waals surface area contributed by atoms with Crippen LogP contribution >= 0.6 is 0 Å². The van der Waals surface area contributed by atoms with Gasteiger partial charge in [0, 0.05) is 0 Å². The molecule has 46 heavy (non-hydrogen) atoms. The number of nitrogens with zero attached hydrogens (tertiary/aromatic N) is 1. The number of hydrogen-bond donors (Lipinski definition) is 0. The van der Waals surface area contributed by atoms with Crippen LogP contribution in [0.4, 0.5) is 9.59 Å². The molecular formula is C36H47NO9. The predicted octanol–water partition coefficient (Wildman–Crippen LogP) is 6.69. The van der Waals surface area contributed by atoms with Gasteiger partial charge in [0.1, 0.15) is 29.5 Å². The lowest BCUT2D eigenvalue weighted by atomic mass is 10.1. The van der Waals surface area contributed by atoms with Crippen LogP contribution in [0.2, 0.25) is 0 Å². The Labute approximate surface area is 272 Å². The first-order valence-electron chi connectivity index (χ1n) is 15.4. The third-order valence-corrected chi connectivity index (χ3v) is 6.46. The highest BCUT2D eigenvalue weighted by Gasteiger charge is 2.44. The molecule has 0 saturated carbocycles. The first kappa shape index (κ1) is 36.5. The molecule has 1 fully saturated rings. The zero-order valence-corrected chi connectivity index (χ0v) is 27.8. The quantitative estimate of drug-likeness (QED) is 0.220. The zero-order chi connectivity index (χ0) is 33.7. The average molecular weight is 638 g/mol. The Morgan fingerprint density at radius 1 is 0.783 bits per heavy atom. The topological polar surface area (TPSA) is 110 Å². The van der Waals surface area contributed by atoms with Crippen molar-refractivity contribution < 1.29 is 42.8 Å². The number of ether oxygens (including phenoxy) is 6. The van der Waals surface area contributed by atoms with Gasteiger partial charge in [-0.05, 0) is 59.6 Å². The second-order valence-electron chi connectivity index (χ2n) is 12.8. The molecule has 0 radical (unpaired) electrons. The Morgan fingerprint density at radius 2 is 1.26 bits per heavy atom.